The highest BCUT2D eigenvalue weighted by molar-refractivity contribution is 5.88. The van der Waals surface area contributed by atoms with E-state index >= 15 is 0 Å². The summed E-state index contributed by atoms with van der Waals surface area (Å²) in [7, 11) is 0. The highest BCUT2D eigenvalue weighted by Crippen LogP contribution is 1.86. The summed E-state index contributed by atoms with van der Waals surface area (Å²) in [5, 5.41) is 8.01. The Morgan fingerprint density at radius 2 is 1.85 bits per heavy atom. The zero-order valence-electron chi connectivity index (χ0n) is 7.45. The van der Waals surface area contributed by atoms with E-state index in [0.29, 0.717) is 0 Å². The SMILES string of the molecule is C=CC(=C)C(=O)O.C=COC(C)=O. The first kappa shape index (κ1) is 13.7. The smallest absolute Gasteiger partial charge is 0.335 e. The van der Waals surface area contributed by atoms with Crippen molar-refractivity contribution in [3.63, 3.8) is 0 Å². The number of carboxylic acid groups (broad SMARTS) is 1. The van der Waals surface area contributed by atoms with Gasteiger partial charge in [0, 0.05) is 6.92 Å². The fourth-order valence-corrected chi connectivity index (χ4v) is 0.205. The lowest BCUT2D eigenvalue weighted by Crippen LogP contribution is -1.93. The van der Waals surface area contributed by atoms with Crippen LogP contribution in [0.4, 0.5) is 0 Å². The first-order valence-corrected chi connectivity index (χ1v) is 3.28. The molecule has 0 atom stereocenters. The second kappa shape index (κ2) is 8.26. The van der Waals surface area contributed by atoms with Crippen LogP contribution in [0.25, 0.3) is 0 Å². The number of aliphatic carboxylic acids is 1. The normalized spacial score (nSPS) is 7.15. The predicted molar refractivity (Wildman–Crippen MR) is 48.9 cm³/mol. The fraction of sp³-hybridized carbons (Fsp3) is 0.111. The third-order valence-electron chi connectivity index (χ3n) is 0.770. The Labute approximate surface area is 76.8 Å². The van der Waals surface area contributed by atoms with E-state index in [2.05, 4.69) is 24.5 Å². The molecule has 0 spiro atoms. The van der Waals surface area contributed by atoms with E-state index < -0.39 is 5.97 Å². The van der Waals surface area contributed by atoms with Crippen molar-refractivity contribution in [3.8, 4) is 0 Å². The molecule has 0 heterocycles. The van der Waals surface area contributed by atoms with Crippen LogP contribution >= 0.6 is 0 Å². The summed E-state index contributed by atoms with van der Waals surface area (Å²) in [6.07, 6.45) is 2.30. The molecule has 0 aromatic rings. The van der Waals surface area contributed by atoms with E-state index in [1.54, 1.807) is 0 Å². The van der Waals surface area contributed by atoms with E-state index in [1.165, 1.54) is 13.0 Å². The molecule has 0 saturated carbocycles. The molecule has 0 amide bonds. The van der Waals surface area contributed by atoms with Crippen LogP contribution in [0.5, 0.6) is 0 Å². The molecule has 13 heavy (non-hydrogen) atoms. The molecular formula is C9H12O4. The van der Waals surface area contributed by atoms with E-state index in [1.807, 2.05) is 0 Å². The summed E-state index contributed by atoms with van der Waals surface area (Å²) in [6.45, 7) is 10.8. The summed E-state index contributed by atoms with van der Waals surface area (Å²) in [4.78, 5) is 19.5. The Balaban J connectivity index is 0. The Kier molecular flexibility index (Phi) is 8.72. The number of hydrogen-bond donors (Lipinski definition) is 1. The molecule has 0 radical (unpaired) electrons. The van der Waals surface area contributed by atoms with Crippen molar-refractivity contribution in [2.24, 2.45) is 0 Å². The molecule has 4 nitrogen and oxygen atoms in total. The summed E-state index contributed by atoms with van der Waals surface area (Å²) in [5.41, 5.74) is 0.0278. The van der Waals surface area contributed by atoms with Crippen LogP contribution in [0.15, 0.2) is 37.6 Å². The predicted octanol–water partition coefficient (Wildman–Crippen LogP) is 1.51. The molecule has 0 fully saturated rings. The lowest BCUT2D eigenvalue weighted by molar-refractivity contribution is -0.135. The Morgan fingerprint density at radius 1 is 1.38 bits per heavy atom. The van der Waals surface area contributed by atoms with Gasteiger partial charge in [-0.2, -0.15) is 0 Å². The minimum absolute atomic E-state index is 0.0278. The van der Waals surface area contributed by atoms with Gasteiger partial charge in [-0.25, -0.2) is 4.79 Å². The average Bonchev–Trinajstić information content (AvgIpc) is 2.03. The standard InChI is InChI=1S/C5H6O2.C4H6O2/c1-3-4(2)5(6)7;1-3-6-4(2)5/h3H,1-2H2,(H,6,7);3H,1H2,2H3. The molecule has 0 saturated heterocycles. The molecule has 72 valence electrons. The van der Waals surface area contributed by atoms with Crippen LogP contribution in [-0.2, 0) is 14.3 Å². The van der Waals surface area contributed by atoms with E-state index in [0.717, 1.165) is 6.26 Å². The van der Waals surface area contributed by atoms with E-state index in [4.69, 9.17) is 5.11 Å². The van der Waals surface area contributed by atoms with Crippen LogP contribution in [-0.4, -0.2) is 17.0 Å². The topological polar surface area (TPSA) is 63.6 Å². The van der Waals surface area contributed by atoms with Gasteiger partial charge in [-0.15, -0.1) is 0 Å². The molecule has 0 aromatic carbocycles. The van der Waals surface area contributed by atoms with Crippen molar-refractivity contribution in [1.29, 1.82) is 0 Å². The van der Waals surface area contributed by atoms with Crippen molar-refractivity contribution in [1.82, 2.24) is 0 Å². The number of hydrogen-bond acceptors (Lipinski definition) is 3. The van der Waals surface area contributed by atoms with Crippen molar-refractivity contribution in [2.45, 2.75) is 6.92 Å². The number of rotatable bonds is 3. The van der Waals surface area contributed by atoms with Gasteiger partial charge in [-0.3, -0.25) is 4.79 Å². The minimum atomic E-state index is -1.02. The summed E-state index contributed by atoms with van der Waals surface area (Å²) in [5.74, 6) is -1.35. The van der Waals surface area contributed by atoms with Gasteiger partial charge in [0.1, 0.15) is 0 Å². The molecule has 0 aliphatic carbocycles. The van der Waals surface area contributed by atoms with Crippen LogP contribution in [0.1, 0.15) is 6.92 Å². The molecule has 0 aliphatic heterocycles. The second-order valence-electron chi connectivity index (χ2n) is 1.81. The Hall–Kier alpha value is -1.84. The van der Waals surface area contributed by atoms with Crippen molar-refractivity contribution < 1.29 is 19.4 Å². The van der Waals surface area contributed by atoms with Crippen LogP contribution < -0.4 is 0 Å². The summed E-state index contributed by atoms with van der Waals surface area (Å²) >= 11 is 0. The summed E-state index contributed by atoms with van der Waals surface area (Å²) in [6, 6.07) is 0. The number of ether oxygens (including phenoxy) is 1. The fourth-order valence-electron chi connectivity index (χ4n) is 0.205. The van der Waals surface area contributed by atoms with Crippen molar-refractivity contribution >= 4 is 11.9 Å². The van der Waals surface area contributed by atoms with Gasteiger partial charge in [0.05, 0.1) is 11.8 Å². The molecule has 4 heteroatoms. The molecule has 1 N–H and O–H groups in total. The molecule has 0 rings (SSSR count). The molecule has 0 unspecified atom stereocenters. The number of carbonyl (C=O) groups is 2. The third-order valence-corrected chi connectivity index (χ3v) is 0.770. The van der Waals surface area contributed by atoms with Crippen LogP contribution in [0, 0.1) is 0 Å². The maximum Gasteiger partial charge on any atom is 0.335 e. The maximum atomic E-state index is 9.76. The highest BCUT2D eigenvalue weighted by atomic mass is 16.5. The largest absolute Gasteiger partial charge is 0.478 e. The van der Waals surface area contributed by atoms with Crippen LogP contribution in [0.3, 0.4) is 0 Å². The highest BCUT2D eigenvalue weighted by Gasteiger charge is 1.93. The average molecular weight is 184 g/mol. The van der Waals surface area contributed by atoms with Gasteiger partial charge in [0.15, 0.2) is 0 Å². The monoisotopic (exact) mass is 184 g/mol. The van der Waals surface area contributed by atoms with Gasteiger partial charge in [0.2, 0.25) is 0 Å². The minimum Gasteiger partial charge on any atom is -0.478 e. The number of carboxylic acids is 1. The van der Waals surface area contributed by atoms with Gasteiger partial charge in [0.25, 0.3) is 0 Å². The first-order valence-electron chi connectivity index (χ1n) is 3.28. The van der Waals surface area contributed by atoms with E-state index in [9.17, 15) is 9.59 Å². The molecular weight excluding hydrogens is 172 g/mol. The summed E-state index contributed by atoms with van der Waals surface area (Å²) < 4.78 is 4.17. The number of esters is 1. The maximum absolute atomic E-state index is 9.76. The molecule has 0 bridgehead atoms. The molecule has 0 aromatic heterocycles. The van der Waals surface area contributed by atoms with Crippen LogP contribution in [0.2, 0.25) is 0 Å². The van der Waals surface area contributed by atoms with Gasteiger partial charge in [-0.1, -0.05) is 25.8 Å². The lowest BCUT2D eigenvalue weighted by atomic mass is 10.3. The van der Waals surface area contributed by atoms with Crippen molar-refractivity contribution in [3.05, 3.63) is 37.6 Å². The quantitative estimate of drug-likeness (QED) is 0.312. The first-order chi connectivity index (χ1) is 5.95. The number of carbonyl (C=O) groups excluding carboxylic acids is 1. The van der Waals surface area contributed by atoms with Gasteiger partial charge >= 0.3 is 11.9 Å². The molecule has 0 aliphatic rings. The Morgan fingerprint density at radius 3 is 1.85 bits per heavy atom. The van der Waals surface area contributed by atoms with Crippen molar-refractivity contribution in [2.75, 3.05) is 0 Å². The zero-order chi connectivity index (χ0) is 10.9. The third kappa shape index (κ3) is 13.2. The zero-order valence-corrected chi connectivity index (χ0v) is 7.45. The van der Waals surface area contributed by atoms with E-state index in [-0.39, 0.29) is 11.5 Å². The lowest BCUT2D eigenvalue weighted by Gasteiger charge is -1.83. The Bertz CT molecular complexity index is 228. The van der Waals surface area contributed by atoms with Gasteiger partial charge < -0.3 is 9.84 Å². The second-order valence-corrected chi connectivity index (χ2v) is 1.81. The van der Waals surface area contributed by atoms with Gasteiger partial charge in [-0.05, 0) is 0 Å².